The maximum Gasteiger partial charge on any atom is 0.134 e. The van der Waals surface area contributed by atoms with Crippen LogP contribution in [-0.4, -0.2) is 17.8 Å². The first-order valence-electron chi connectivity index (χ1n) is 6.05. The molecule has 3 rings (SSSR count). The van der Waals surface area contributed by atoms with E-state index in [-0.39, 0.29) is 23.1 Å². The molecule has 2 aromatic rings. The molecule has 0 heterocycles. The van der Waals surface area contributed by atoms with Crippen molar-refractivity contribution in [2.45, 2.75) is 6.42 Å². The zero-order chi connectivity index (χ0) is 14.1. The Hall–Kier alpha value is -2.95. The second-order valence-corrected chi connectivity index (χ2v) is 4.57. The van der Waals surface area contributed by atoms with Crippen LogP contribution in [0.5, 0.6) is 0 Å². The van der Waals surface area contributed by atoms with Gasteiger partial charge in [-0.25, -0.2) is 14.4 Å². The van der Waals surface area contributed by atoms with Crippen LogP contribution in [0.1, 0.15) is 11.1 Å². The molecule has 0 atom stereocenters. The van der Waals surface area contributed by atoms with E-state index in [0.717, 1.165) is 16.3 Å². The molecular formula is C17H8O3. The van der Waals surface area contributed by atoms with Crippen molar-refractivity contribution in [2.24, 2.45) is 0 Å². The van der Waals surface area contributed by atoms with Crippen molar-refractivity contribution in [3.8, 4) is 0 Å². The average molecular weight is 260 g/mol. The molecule has 0 fully saturated rings. The minimum absolute atomic E-state index is 0.0298. The van der Waals surface area contributed by atoms with Crippen LogP contribution >= 0.6 is 0 Å². The van der Waals surface area contributed by atoms with E-state index in [1.54, 1.807) is 17.8 Å². The number of benzene rings is 2. The Bertz CT molecular complexity index is 886. The van der Waals surface area contributed by atoms with E-state index < -0.39 is 0 Å². The summed E-state index contributed by atoms with van der Waals surface area (Å²) in [6.45, 7) is 0. The third-order valence-electron chi connectivity index (χ3n) is 3.49. The molecule has 20 heavy (non-hydrogen) atoms. The summed E-state index contributed by atoms with van der Waals surface area (Å²) in [5.41, 5.74) is 1.67. The van der Waals surface area contributed by atoms with Crippen LogP contribution in [-0.2, 0) is 20.8 Å². The molecule has 0 saturated carbocycles. The molecule has 0 amide bonds. The molecule has 3 heteroatoms. The Morgan fingerprint density at radius 2 is 1.45 bits per heavy atom. The van der Waals surface area contributed by atoms with Crippen molar-refractivity contribution in [2.75, 3.05) is 0 Å². The van der Waals surface area contributed by atoms with Crippen molar-refractivity contribution in [1.82, 2.24) is 0 Å². The Kier molecular flexibility index (Phi) is 2.80. The molecule has 0 unspecified atom stereocenters. The number of hydrogen-bond donors (Lipinski definition) is 0. The fourth-order valence-corrected chi connectivity index (χ4v) is 2.54. The maximum absolute atomic E-state index is 11.2. The van der Waals surface area contributed by atoms with Gasteiger partial charge in [-0.3, -0.25) is 0 Å². The van der Waals surface area contributed by atoms with Crippen LogP contribution < -0.4 is 0 Å². The van der Waals surface area contributed by atoms with Crippen molar-refractivity contribution < 1.29 is 14.4 Å². The Balaban J connectivity index is 2.41. The highest BCUT2D eigenvalue weighted by Gasteiger charge is 2.26. The Morgan fingerprint density at radius 3 is 2.05 bits per heavy atom. The summed E-state index contributed by atoms with van der Waals surface area (Å²) < 4.78 is 0. The van der Waals surface area contributed by atoms with Crippen LogP contribution in [0.2, 0.25) is 0 Å². The van der Waals surface area contributed by atoms with Gasteiger partial charge in [-0.15, -0.1) is 0 Å². The first-order valence-corrected chi connectivity index (χ1v) is 6.05. The third-order valence-corrected chi connectivity index (χ3v) is 3.49. The van der Waals surface area contributed by atoms with Crippen LogP contribution in [0.3, 0.4) is 0 Å². The zero-order valence-electron chi connectivity index (χ0n) is 10.4. The van der Waals surface area contributed by atoms with Crippen molar-refractivity contribution in [1.29, 1.82) is 0 Å². The van der Waals surface area contributed by atoms with Crippen molar-refractivity contribution in [3.63, 3.8) is 0 Å². The standard InChI is InChI=1S/C17H8O3/c18-8-14-6-13-5-11-3-1-2-4-12(11)7-15(13)17(10-20)16(14)9-19/h1-5,7H,6H2. The molecule has 3 nitrogen and oxygen atoms in total. The van der Waals surface area contributed by atoms with E-state index >= 15 is 0 Å². The molecular weight excluding hydrogens is 252 g/mol. The molecule has 94 valence electrons. The SMILES string of the molecule is O=C=C1Cc2cc3ccccc3cc2C(=C=O)C1=C=O. The van der Waals surface area contributed by atoms with Crippen LogP contribution in [0.25, 0.3) is 16.3 Å². The molecule has 0 N–H and O–H groups in total. The Morgan fingerprint density at radius 1 is 0.800 bits per heavy atom. The van der Waals surface area contributed by atoms with Gasteiger partial charge in [-0.1, -0.05) is 30.3 Å². The quantitative estimate of drug-likeness (QED) is 0.682. The number of allylic oxidation sites excluding steroid dienone is 3. The minimum atomic E-state index is -0.0298. The van der Waals surface area contributed by atoms with Gasteiger partial charge in [-0.05, 0) is 28.0 Å². The molecule has 1 aliphatic rings. The highest BCUT2D eigenvalue weighted by Crippen LogP contribution is 2.36. The van der Waals surface area contributed by atoms with Gasteiger partial charge in [0.1, 0.15) is 17.8 Å². The number of fused-ring (bicyclic) bond motifs is 2. The topological polar surface area (TPSA) is 51.2 Å². The fourth-order valence-electron chi connectivity index (χ4n) is 2.54. The van der Waals surface area contributed by atoms with E-state index in [9.17, 15) is 14.4 Å². The summed E-state index contributed by atoms with van der Waals surface area (Å²) in [5, 5.41) is 1.98. The van der Waals surface area contributed by atoms with E-state index in [1.807, 2.05) is 36.4 Å². The normalized spacial score (nSPS) is 13.5. The minimum Gasteiger partial charge on any atom is -0.233 e. The van der Waals surface area contributed by atoms with Gasteiger partial charge >= 0.3 is 0 Å². The smallest absolute Gasteiger partial charge is 0.134 e. The summed E-state index contributed by atoms with van der Waals surface area (Å²) in [7, 11) is 0. The van der Waals surface area contributed by atoms with E-state index in [2.05, 4.69) is 0 Å². The van der Waals surface area contributed by atoms with Gasteiger partial charge in [0.25, 0.3) is 0 Å². The molecule has 2 aromatic carbocycles. The third kappa shape index (κ3) is 1.68. The average Bonchev–Trinajstić information content (AvgIpc) is 2.50. The fraction of sp³-hybridized carbons (Fsp3) is 0.0588. The lowest BCUT2D eigenvalue weighted by Crippen LogP contribution is -2.10. The molecule has 0 radical (unpaired) electrons. The predicted octanol–water partition coefficient (Wildman–Crippen LogP) is 2.13. The van der Waals surface area contributed by atoms with E-state index in [0.29, 0.717) is 5.56 Å². The van der Waals surface area contributed by atoms with Crippen molar-refractivity contribution >= 4 is 34.2 Å². The van der Waals surface area contributed by atoms with Gasteiger partial charge in [0.2, 0.25) is 0 Å². The van der Waals surface area contributed by atoms with E-state index in [1.165, 1.54) is 0 Å². The lowest BCUT2D eigenvalue weighted by molar-refractivity contribution is 0.563. The van der Waals surface area contributed by atoms with Gasteiger partial charge in [0, 0.05) is 6.42 Å². The maximum atomic E-state index is 11.2. The van der Waals surface area contributed by atoms with Gasteiger partial charge in [0.05, 0.1) is 16.7 Å². The molecule has 1 aliphatic carbocycles. The summed E-state index contributed by atoms with van der Waals surface area (Å²) in [6.07, 6.45) is 0.277. The van der Waals surface area contributed by atoms with Gasteiger partial charge in [0.15, 0.2) is 0 Å². The van der Waals surface area contributed by atoms with E-state index in [4.69, 9.17) is 0 Å². The van der Waals surface area contributed by atoms with Crippen LogP contribution in [0, 0.1) is 0 Å². The monoisotopic (exact) mass is 260 g/mol. The lowest BCUT2D eigenvalue weighted by Gasteiger charge is -2.18. The van der Waals surface area contributed by atoms with Gasteiger partial charge < -0.3 is 0 Å². The second-order valence-electron chi connectivity index (χ2n) is 4.57. The predicted molar refractivity (Wildman–Crippen MR) is 75.2 cm³/mol. The highest BCUT2D eigenvalue weighted by atomic mass is 16.1. The summed E-state index contributed by atoms with van der Waals surface area (Å²) >= 11 is 0. The molecule has 0 bridgehead atoms. The molecule has 0 spiro atoms. The lowest BCUT2D eigenvalue weighted by atomic mass is 9.81. The first-order chi connectivity index (χ1) is 9.78. The Labute approximate surface area is 114 Å². The highest BCUT2D eigenvalue weighted by molar-refractivity contribution is 6.09. The molecule has 0 aromatic heterocycles. The van der Waals surface area contributed by atoms with Gasteiger partial charge in [-0.2, -0.15) is 0 Å². The molecule has 0 aliphatic heterocycles. The van der Waals surface area contributed by atoms with Crippen LogP contribution in [0.4, 0.5) is 0 Å². The largest absolute Gasteiger partial charge is 0.233 e. The summed E-state index contributed by atoms with van der Waals surface area (Å²) in [5.74, 6) is 5.15. The van der Waals surface area contributed by atoms with Crippen molar-refractivity contribution in [3.05, 3.63) is 58.7 Å². The second kappa shape index (κ2) is 4.62. The summed E-state index contributed by atoms with van der Waals surface area (Å²) in [4.78, 5) is 33.2. The zero-order valence-corrected chi connectivity index (χ0v) is 10.4. The number of rotatable bonds is 0. The first kappa shape index (κ1) is 12.1. The summed E-state index contributed by atoms with van der Waals surface area (Å²) in [6, 6.07) is 11.4. The number of carbonyl (C=O) groups excluding carboxylic acids is 3. The number of hydrogen-bond acceptors (Lipinski definition) is 3. The van der Waals surface area contributed by atoms with Crippen LogP contribution in [0.15, 0.2) is 47.5 Å². The molecule has 0 saturated heterocycles.